The van der Waals surface area contributed by atoms with Crippen LogP contribution in [-0.2, 0) is 27.0 Å². The summed E-state index contributed by atoms with van der Waals surface area (Å²) in [4.78, 5) is 29.1. The molecule has 0 fully saturated rings. The summed E-state index contributed by atoms with van der Waals surface area (Å²) < 4.78 is 70.2. The number of nitrogens with zero attached hydrogens (tertiary/aromatic N) is 3. The molecule has 2 N–H and O–H groups in total. The highest BCUT2D eigenvalue weighted by Gasteiger charge is 2.47. The van der Waals surface area contributed by atoms with Gasteiger partial charge in [-0.3, -0.25) is 14.5 Å². The Bertz CT molecular complexity index is 1710. The number of anilines is 1. The van der Waals surface area contributed by atoms with E-state index in [1.165, 1.54) is 41.3 Å². The predicted octanol–water partition coefficient (Wildman–Crippen LogP) is 5.49. The molecule has 4 aromatic rings. The molecular formula is C31H26F4N5O3S+. The minimum absolute atomic E-state index is 0.0907. The van der Waals surface area contributed by atoms with Gasteiger partial charge in [0.15, 0.2) is 0 Å². The van der Waals surface area contributed by atoms with Crippen molar-refractivity contribution in [3.05, 3.63) is 125 Å². The third kappa shape index (κ3) is 5.75. The molecule has 2 amide bonds. The summed E-state index contributed by atoms with van der Waals surface area (Å²) in [6.45, 7) is 5.69. The maximum absolute atomic E-state index is 14.2. The van der Waals surface area contributed by atoms with E-state index >= 15 is 0 Å². The molecule has 1 aliphatic heterocycles. The zero-order valence-electron chi connectivity index (χ0n) is 23.2. The first-order valence-electron chi connectivity index (χ1n) is 13.5. The van der Waals surface area contributed by atoms with Crippen LogP contribution in [0, 0.1) is 5.82 Å². The molecule has 1 aliphatic rings. The average Bonchev–Trinajstić information content (AvgIpc) is 3.40. The zero-order chi connectivity index (χ0) is 31.6. The van der Waals surface area contributed by atoms with Gasteiger partial charge in [0.1, 0.15) is 23.7 Å². The van der Waals surface area contributed by atoms with E-state index in [2.05, 4.69) is 16.6 Å². The molecule has 0 saturated carbocycles. The van der Waals surface area contributed by atoms with E-state index in [4.69, 9.17) is 5.10 Å². The van der Waals surface area contributed by atoms with E-state index in [0.29, 0.717) is 34.4 Å². The van der Waals surface area contributed by atoms with Crippen molar-refractivity contribution in [2.24, 2.45) is 0 Å². The molecule has 2 heterocycles. The lowest BCUT2D eigenvalue weighted by molar-refractivity contribution is -0.137. The number of hydrogen-bond donors (Lipinski definition) is 2. The molecule has 0 spiro atoms. The normalized spacial score (nSPS) is 17.1. The van der Waals surface area contributed by atoms with Crippen molar-refractivity contribution in [2.45, 2.75) is 31.1 Å². The number of carbonyl (C=O) groups excluding carboxylic acids is 2. The second-order valence-corrected chi connectivity index (χ2v) is 10.3. The summed E-state index contributed by atoms with van der Waals surface area (Å²) in [7, 11) is 0. The van der Waals surface area contributed by atoms with Gasteiger partial charge in [-0.15, -0.1) is 6.58 Å². The quantitative estimate of drug-likeness (QED) is 0.112. The number of rotatable bonds is 9. The van der Waals surface area contributed by atoms with Gasteiger partial charge in [-0.05, 0) is 59.7 Å². The molecule has 226 valence electrons. The van der Waals surface area contributed by atoms with Gasteiger partial charge in [0.05, 0.1) is 21.2 Å². The van der Waals surface area contributed by atoms with Crippen molar-refractivity contribution in [2.75, 3.05) is 11.4 Å². The van der Waals surface area contributed by atoms with Gasteiger partial charge in [0, 0.05) is 23.6 Å². The van der Waals surface area contributed by atoms with Crippen LogP contribution in [0.15, 0.2) is 91.5 Å². The van der Waals surface area contributed by atoms with Gasteiger partial charge < -0.3 is 5.32 Å². The first kappa shape index (κ1) is 30.7. The third-order valence-electron chi connectivity index (χ3n) is 7.35. The van der Waals surface area contributed by atoms with Crippen LogP contribution < -0.4 is 14.9 Å². The van der Waals surface area contributed by atoms with Crippen molar-refractivity contribution < 1.29 is 31.4 Å². The van der Waals surface area contributed by atoms with Crippen LogP contribution in [-0.4, -0.2) is 34.2 Å². The molecule has 1 aromatic heterocycles. The van der Waals surface area contributed by atoms with Crippen LogP contribution >= 0.6 is 0 Å². The average molecular weight is 625 g/mol. The van der Waals surface area contributed by atoms with Crippen molar-refractivity contribution in [1.29, 1.82) is 0 Å². The third-order valence-corrected chi connectivity index (χ3v) is 7.70. The first-order valence-corrected chi connectivity index (χ1v) is 14.2. The number of alkyl halides is 3. The summed E-state index contributed by atoms with van der Waals surface area (Å²) in [6.07, 6.45) is -3.22. The van der Waals surface area contributed by atoms with E-state index in [9.17, 15) is 31.4 Å². The molecule has 44 heavy (non-hydrogen) atoms. The fraction of sp³-hybridized carbons (Fsp3) is 0.194. The fourth-order valence-corrected chi connectivity index (χ4v) is 5.68. The van der Waals surface area contributed by atoms with E-state index < -0.39 is 47.4 Å². The van der Waals surface area contributed by atoms with Gasteiger partial charge in [-0.25, -0.2) is 9.07 Å². The molecule has 3 atom stereocenters. The van der Waals surface area contributed by atoms with Gasteiger partial charge in [0.2, 0.25) is 0 Å². The van der Waals surface area contributed by atoms with Crippen LogP contribution in [0.4, 0.5) is 23.4 Å². The smallest absolute Gasteiger partial charge is 0.339 e. The molecule has 5 rings (SSSR count). The number of fused-ring (bicyclic) bond motifs is 1. The van der Waals surface area contributed by atoms with E-state index in [0.717, 1.165) is 12.1 Å². The number of nitrogens with one attached hydrogen (secondary N) is 2. The zero-order valence-corrected chi connectivity index (χ0v) is 24.0. The molecule has 0 saturated heterocycles. The number of likely N-dealkylation sites (N-methyl/N-ethyl adjacent to an activating group) is 1. The van der Waals surface area contributed by atoms with Crippen LogP contribution in [0.25, 0.3) is 5.69 Å². The maximum atomic E-state index is 14.2. The molecule has 0 aliphatic carbocycles. The number of amides is 2. The highest BCUT2D eigenvalue weighted by molar-refractivity contribution is 7.63. The predicted molar refractivity (Wildman–Crippen MR) is 157 cm³/mol. The number of hydrogen-bond acceptors (Lipinski definition) is 4. The van der Waals surface area contributed by atoms with Crippen LogP contribution in [0.1, 0.15) is 51.6 Å². The Morgan fingerprint density at radius 3 is 2.41 bits per heavy atom. The number of aromatic nitrogens is 2. The van der Waals surface area contributed by atoms with Crippen LogP contribution in [0.3, 0.4) is 0 Å². The Morgan fingerprint density at radius 2 is 1.80 bits per heavy atom. The molecule has 0 radical (unpaired) electrons. The largest absolute Gasteiger partial charge is 0.588 e. The molecule has 8 nitrogen and oxygen atoms in total. The number of para-hydroxylation sites is 1. The second-order valence-electron chi connectivity index (χ2n) is 9.93. The van der Waals surface area contributed by atoms with Crippen LogP contribution in [0.5, 0.6) is 0 Å². The van der Waals surface area contributed by atoms with Gasteiger partial charge >= 0.3 is 18.0 Å². The summed E-state index contributed by atoms with van der Waals surface area (Å²) >= 11 is 0.0907. The Kier molecular flexibility index (Phi) is 8.70. The van der Waals surface area contributed by atoms with E-state index in [-0.39, 0.29) is 24.0 Å². The minimum Gasteiger partial charge on any atom is -0.339 e. The van der Waals surface area contributed by atoms with Crippen molar-refractivity contribution >= 4 is 29.5 Å². The highest BCUT2D eigenvalue weighted by Crippen LogP contribution is 2.45. The highest BCUT2D eigenvalue weighted by atomic mass is 32.2. The lowest BCUT2D eigenvalue weighted by atomic mass is 9.80. The first-order chi connectivity index (χ1) is 21.1. The van der Waals surface area contributed by atoms with Crippen molar-refractivity contribution in [3.8, 4) is 5.69 Å². The topological polar surface area (TPSA) is 96.3 Å². The van der Waals surface area contributed by atoms with Gasteiger partial charge in [-0.2, -0.15) is 18.3 Å². The molecular weight excluding hydrogens is 598 g/mol. The van der Waals surface area contributed by atoms with Crippen molar-refractivity contribution in [3.63, 3.8) is 0 Å². The van der Waals surface area contributed by atoms with Gasteiger partial charge in [0.25, 0.3) is 11.8 Å². The molecule has 3 aromatic carbocycles. The summed E-state index contributed by atoms with van der Waals surface area (Å²) in [6, 6.07) is 16.0. The minimum atomic E-state index is -4.69. The number of benzene rings is 3. The number of carbonyl (C=O) groups is 2. The standard InChI is InChI=1S/C31H25F4N5O3S/c1-3-23(38-44-43)26-25-24(18-13-15-21(32)16-14-18)27(36-28(41)19-9-8-10-20(17-19)31(33,34)35)30(42)39(4-2)29(25)40(37-26)22-11-6-5-7-12-22/h3,5-17,23-24,27H,1,4H2,2H3,(H-,36,38,41,43)/p+1/t23-,24+,27+/m1/s1. The maximum Gasteiger partial charge on any atom is 0.588 e. The van der Waals surface area contributed by atoms with Crippen LogP contribution in [0.2, 0.25) is 0 Å². The second kappa shape index (κ2) is 12.5. The summed E-state index contributed by atoms with van der Waals surface area (Å²) in [5.74, 6) is -2.62. The Balaban J connectivity index is 1.74. The summed E-state index contributed by atoms with van der Waals surface area (Å²) in [5, 5.41) is 7.47. The monoisotopic (exact) mass is 624 g/mol. The lowest BCUT2D eigenvalue weighted by Gasteiger charge is -2.38. The van der Waals surface area contributed by atoms with Gasteiger partial charge in [-0.1, -0.05) is 42.5 Å². The number of halogens is 4. The lowest BCUT2D eigenvalue weighted by Crippen LogP contribution is -2.55. The molecule has 0 unspecified atom stereocenters. The van der Waals surface area contributed by atoms with E-state index in [1.807, 2.05) is 6.07 Å². The van der Waals surface area contributed by atoms with Crippen molar-refractivity contribution in [1.82, 2.24) is 19.8 Å². The summed E-state index contributed by atoms with van der Waals surface area (Å²) in [5.41, 5.74) is 0.478. The SMILES string of the molecule is C=C[C@@H](N[S+]=O)c1nn(-c2ccccc2)c2c1[C@H](c1ccc(F)cc1)[C@H](NC(=O)c1cccc(C(F)(F)F)c1)C(=O)N2CC. The fourth-order valence-electron chi connectivity index (χ4n) is 5.36. The molecule has 13 heteroatoms. The molecule has 0 bridgehead atoms. The Labute approximate surface area is 254 Å². The Hall–Kier alpha value is -4.75. The van der Waals surface area contributed by atoms with E-state index in [1.54, 1.807) is 35.9 Å². The Morgan fingerprint density at radius 1 is 1.09 bits per heavy atom.